The molecule has 3 rings (SSSR count). The SMILES string of the molecule is CC1(C)CCC(c2ccc(CC3CCCNC3)cc2)CC1. The maximum Gasteiger partial charge on any atom is -0.00173 e. The minimum absolute atomic E-state index is 0.574. The Morgan fingerprint density at radius 2 is 1.76 bits per heavy atom. The molecule has 1 heteroatoms. The minimum Gasteiger partial charge on any atom is -0.316 e. The predicted octanol–water partition coefficient (Wildman–Crippen LogP) is 4.91. The van der Waals surface area contributed by atoms with Gasteiger partial charge >= 0.3 is 0 Å². The van der Waals surface area contributed by atoms with Gasteiger partial charge in [-0.15, -0.1) is 0 Å². The fourth-order valence-electron chi connectivity index (χ4n) is 4.09. The first-order valence-electron chi connectivity index (χ1n) is 8.92. The monoisotopic (exact) mass is 285 g/mol. The maximum atomic E-state index is 3.53. The molecule has 1 unspecified atom stereocenters. The summed E-state index contributed by atoms with van der Waals surface area (Å²) in [6.07, 6.45) is 9.51. The average Bonchev–Trinajstić information content (AvgIpc) is 2.49. The molecule has 0 amide bonds. The van der Waals surface area contributed by atoms with Crippen LogP contribution in [0.4, 0.5) is 0 Å². The van der Waals surface area contributed by atoms with E-state index < -0.39 is 0 Å². The average molecular weight is 285 g/mol. The summed E-state index contributed by atoms with van der Waals surface area (Å²) >= 11 is 0. The summed E-state index contributed by atoms with van der Waals surface area (Å²) in [6.45, 7) is 7.27. The molecule has 1 saturated carbocycles. The fourth-order valence-corrected chi connectivity index (χ4v) is 4.09. The molecule has 0 aromatic heterocycles. The summed E-state index contributed by atoms with van der Waals surface area (Å²) < 4.78 is 0. The zero-order chi connectivity index (χ0) is 14.7. The summed E-state index contributed by atoms with van der Waals surface area (Å²) in [5, 5.41) is 3.53. The smallest absolute Gasteiger partial charge is 0.00173 e. The first-order valence-corrected chi connectivity index (χ1v) is 8.92. The number of hydrogen-bond acceptors (Lipinski definition) is 1. The zero-order valence-electron chi connectivity index (χ0n) is 13.8. The molecule has 1 N–H and O–H groups in total. The van der Waals surface area contributed by atoms with Gasteiger partial charge in [-0.3, -0.25) is 0 Å². The lowest BCUT2D eigenvalue weighted by Crippen LogP contribution is -2.30. The first kappa shape index (κ1) is 15.1. The van der Waals surface area contributed by atoms with Crippen LogP contribution >= 0.6 is 0 Å². The Hall–Kier alpha value is -0.820. The molecule has 1 saturated heterocycles. The van der Waals surface area contributed by atoms with Crippen molar-refractivity contribution in [3.8, 4) is 0 Å². The van der Waals surface area contributed by atoms with Gasteiger partial charge in [0, 0.05) is 0 Å². The molecule has 1 aromatic rings. The van der Waals surface area contributed by atoms with Crippen molar-refractivity contribution in [3.05, 3.63) is 35.4 Å². The first-order chi connectivity index (χ1) is 10.1. The Balaban J connectivity index is 1.56. The molecule has 1 atom stereocenters. The molecule has 0 bridgehead atoms. The van der Waals surface area contributed by atoms with Gasteiger partial charge in [-0.2, -0.15) is 0 Å². The van der Waals surface area contributed by atoms with E-state index in [0.29, 0.717) is 5.41 Å². The molecule has 1 aromatic carbocycles. The molecular weight excluding hydrogens is 254 g/mol. The van der Waals surface area contributed by atoms with Crippen molar-refractivity contribution in [3.63, 3.8) is 0 Å². The van der Waals surface area contributed by atoms with E-state index in [1.54, 1.807) is 5.56 Å². The number of benzene rings is 1. The third-order valence-corrected chi connectivity index (χ3v) is 5.71. The molecular formula is C20H31N. The highest BCUT2D eigenvalue weighted by atomic mass is 14.9. The number of nitrogens with one attached hydrogen (secondary N) is 1. The van der Waals surface area contributed by atoms with Crippen LogP contribution in [0.25, 0.3) is 0 Å². The Labute approximate surface area is 130 Å². The molecule has 0 spiro atoms. The largest absolute Gasteiger partial charge is 0.316 e. The summed E-state index contributed by atoms with van der Waals surface area (Å²) in [7, 11) is 0. The third kappa shape index (κ3) is 4.10. The Kier molecular flexibility index (Phi) is 4.69. The van der Waals surface area contributed by atoms with Gasteiger partial charge in [-0.25, -0.2) is 0 Å². The van der Waals surface area contributed by atoms with Gasteiger partial charge in [0.15, 0.2) is 0 Å². The summed E-state index contributed by atoms with van der Waals surface area (Å²) in [6, 6.07) is 9.61. The lowest BCUT2D eigenvalue weighted by atomic mass is 9.71. The molecule has 1 aliphatic carbocycles. The maximum absolute atomic E-state index is 3.53. The second-order valence-electron chi connectivity index (χ2n) is 8.10. The van der Waals surface area contributed by atoms with Crippen molar-refractivity contribution in [2.45, 2.75) is 64.7 Å². The molecule has 2 fully saturated rings. The molecule has 1 aliphatic heterocycles. The van der Waals surface area contributed by atoms with E-state index in [-0.39, 0.29) is 0 Å². The molecule has 1 nitrogen and oxygen atoms in total. The van der Waals surface area contributed by atoms with E-state index in [9.17, 15) is 0 Å². The molecule has 2 aliphatic rings. The second kappa shape index (κ2) is 6.52. The lowest BCUT2D eigenvalue weighted by Gasteiger charge is -2.34. The highest BCUT2D eigenvalue weighted by molar-refractivity contribution is 5.26. The van der Waals surface area contributed by atoms with Crippen LogP contribution in [0.15, 0.2) is 24.3 Å². The molecule has 1 heterocycles. The van der Waals surface area contributed by atoms with E-state index in [2.05, 4.69) is 43.4 Å². The van der Waals surface area contributed by atoms with Gasteiger partial charge in [0.05, 0.1) is 0 Å². The second-order valence-corrected chi connectivity index (χ2v) is 8.10. The topological polar surface area (TPSA) is 12.0 Å². The van der Waals surface area contributed by atoms with Gasteiger partial charge in [0.1, 0.15) is 0 Å². The Bertz CT molecular complexity index is 429. The van der Waals surface area contributed by atoms with Crippen molar-refractivity contribution < 1.29 is 0 Å². The van der Waals surface area contributed by atoms with Crippen LogP contribution in [0, 0.1) is 11.3 Å². The summed E-state index contributed by atoms with van der Waals surface area (Å²) in [4.78, 5) is 0. The van der Waals surface area contributed by atoms with Crippen LogP contribution in [-0.4, -0.2) is 13.1 Å². The highest BCUT2D eigenvalue weighted by Crippen LogP contribution is 2.42. The quantitative estimate of drug-likeness (QED) is 0.832. The van der Waals surface area contributed by atoms with E-state index in [4.69, 9.17) is 0 Å². The van der Waals surface area contributed by atoms with Crippen LogP contribution < -0.4 is 5.32 Å². The third-order valence-electron chi connectivity index (χ3n) is 5.71. The summed E-state index contributed by atoms with van der Waals surface area (Å²) in [5.74, 6) is 1.66. The molecule has 0 radical (unpaired) electrons. The van der Waals surface area contributed by atoms with Gasteiger partial charge in [-0.05, 0) is 86.4 Å². The van der Waals surface area contributed by atoms with Crippen molar-refractivity contribution in [1.82, 2.24) is 5.32 Å². The van der Waals surface area contributed by atoms with Crippen LogP contribution in [0.3, 0.4) is 0 Å². The minimum atomic E-state index is 0.574. The van der Waals surface area contributed by atoms with Crippen LogP contribution in [0.1, 0.15) is 69.4 Å². The number of rotatable bonds is 3. The van der Waals surface area contributed by atoms with Crippen LogP contribution in [-0.2, 0) is 6.42 Å². The van der Waals surface area contributed by atoms with Gasteiger partial charge in [0.2, 0.25) is 0 Å². The van der Waals surface area contributed by atoms with Gasteiger partial charge in [-0.1, -0.05) is 38.1 Å². The van der Waals surface area contributed by atoms with Crippen LogP contribution in [0.5, 0.6) is 0 Å². The van der Waals surface area contributed by atoms with E-state index in [1.165, 1.54) is 63.6 Å². The van der Waals surface area contributed by atoms with Crippen LogP contribution in [0.2, 0.25) is 0 Å². The predicted molar refractivity (Wildman–Crippen MR) is 90.7 cm³/mol. The van der Waals surface area contributed by atoms with Crippen molar-refractivity contribution in [1.29, 1.82) is 0 Å². The fraction of sp³-hybridized carbons (Fsp3) is 0.700. The standard InChI is InChI=1S/C20H31N/c1-20(2)11-9-19(10-12-20)18-7-5-16(6-8-18)14-17-4-3-13-21-15-17/h5-8,17,19,21H,3-4,9-15H2,1-2H3. The molecule has 116 valence electrons. The van der Waals surface area contributed by atoms with Gasteiger partial charge < -0.3 is 5.32 Å². The Morgan fingerprint density at radius 1 is 1.05 bits per heavy atom. The number of piperidine rings is 1. The van der Waals surface area contributed by atoms with Crippen molar-refractivity contribution in [2.24, 2.45) is 11.3 Å². The Morgan fingerprint density at radius 3 is 2.38 bits per heavy atom. The number of hydrogen-bond donors (Lipinski definition) is 1. The van der Waals surface area contributed by atoms with Crippen molar-refractivity contribution in [2.75, 3.05) is 13.1 Å². The molecule has 21 heavy (non-hydrogen) atoms. The van der Waals surface area contributed by atoms with Crippen molar-refractivity contribution >= 4 is 0 Å². The normalized spacial score (nSPS) is 26.7. The van der Waals surface area contributed by atoms with E-state index in [1.807, 2.05) is 0 Å². The zero-order valence-corrected chi connectivity index (χ0v) is 13.8. The van der Waals surface area contributed by atoms with E-state index in [0.717, 1.165) is 11.8 Å². The lowest BCUT2D eigenvalue weighted by molar-refractivity contribution is 0.224. The summed E-state index contributed by atoms with van der Waals surface area (Å²) in [5.41, 5.74) is 3.68. The van der Waals surface area contributed by atoms with Gasteiger partial charge in [0.25, 0.3) is 0 Å². The van der Waals surface area contributed by atoms with E-state index >= 15 is 0 Å². The highest BCUT2D eigenvalue weighted by Gasteiger charge is 2.27.